The van der Waals surface area contributed by atoms with Crippen molar-refractivity contribution in [3.05, 3.63) is 0 Å². The van der Waals surface area contributed by atoms with Crippen LogP contribution in [-0.4, -0.2) is 50.4 Å². The molecule has 2 saturated heterocycles. The van der Waals surface area contributed by atoms with E-state index in [1.54, 1.807) is 0 Å². The summed E-state index contributed by atoms with van der Waals surface area (Å²) in [5.74, 6) is 0. The van der Waals surface area contributed by atoms with E-state index < -0.39 is 0 Å². The first kappa shape index (κ1) is 9.40. The number of hydrazine groups is 1. The Bertz CT molecular complexity index is 126. The van der Waals surface area contributed by atoms with Gasteiger partial charge in [-0.3, -0.25) is 5.43 Å². The van der Waals surface area contributed by atoms with Gasteiger partial charge in [0.05, 0.1) is 13.2 Å². The molecule has 0 amide bonds. The Morgan fingerprint density at radius 3 is 2.85 bits per heavy atom. The molecule has 13 heavy (non-hydrogen) atoms. The summed E-state index contributed by atoms with van der Waals surface area (Å²) in [5, 5.41) is 5.70. The standard InChI is InChI=1S/C9H19N3O/c1-2-9(8-10-3-1)11-12-4-6-13-7-5-12/h9-11H,1-8H2. The van der Waals surface area contributed by atoms with Gasteiger partial charge in [-0.05, 0) is 19.4 Å². The SMILES string of the molecule is C1CNCC(NN2CCOCC2)C1. The number of hydrogen-bond acceptors (Lipinski definition) is 4. The number of rotatable bonds is 2. The molecular weight excluding hydrogens is 166 g/mol. The van der Waals surface area contributed by atoms with Crippen molar-refractivity contribution in [3.63, 3.8) is 0 Å². The molecule has 4 heteroatoms. The number of ether oxygens (including phenoxy) is 1. The third kappa shape index (κ3) is 2.91. The molecule has 1 unspecified atom stereocenters. The van der Waals surface area contributed by atoms with Crippen molar-refractivity contribution in [3.8, 4) is 0 Å². The molecule has 0 aliphatic carbocycles. The Hall–Kier alpha value is -0.160. The highest BCUT2D eigenvalue weighted by atomic mass is 16.5. The van der Waals surface area contributed by atoms with Crippen LogP contribution in [0.5, 0.6) is 0 Å². The number of nitrogens with one attached hydrogen (secondary N) is 2. The van der Waals surface area contributed by atoms with Gasteiger partial charge in [0.1, 0.15) is 0 Å². The molecule has 2 N–H and O–H groups in total. The molecule has 0 radical (unpaired) electrons. The Morgan fingerprint density at radius 2 is 2.15 bits per heavy atom. The van der Waals surface area contributed by atoms with Gasteiger partial charge in [-0.1, -0.05) is 0 Å². The van der Waals surface area contributed by atoms with E-state index in [4.69, 9.17) is 4.74 Å². The van der Waals surface area contributed by atoms with Crippen LogP contribution in [0.3, 0.4) is 0 Å². The maximum atomic E-state index is 5.29. The first-order valence-electron chi connectivity index (χ1n) is 5.25. The summed E-state index contributed by atoms with van der Waals surface area (Å²) in [4.78, 5) is 0. The van der Waals surface area contributed by atoms with Gasteiger partial charge < -0.3 is 10.1 Å². The van der Waals surface area contributed by atoms with E-state index in [2.05, 4.69) is 15.8 Å². The summed E-state index contributed by atoms with van der Waals surface area (Å²) < 4.78 is 5.29. The second-order valence-corrected chi connectivity index (χ2v) is 3.77. The van der Waals surface area contributed by atoms with E-state index in [0.29, 0.717) is 6.04 Å². The molecule has 0 aromatic rings. The van der Waals surface area contributed by atoms with Crippen molar-refractivity contribution in [1.29, 1.82) is 0 Å². The molecule has 0 aromatic carbocycles. The topological polar surface area (TPSA) is 36.5 Å². The quantitative estimate of drug-likeness (QED) is 0.612. The van der Waals surface area contributed by atoms with E-state index in [9.17, 15) is 0 Å². The van der Waals surface area contributed by atoms with Crippen LogP contribution in [0.1, 0.15) is 12.8 Å². The third-order valence-electron chi connectivity index (χ3n) is 2.67. The van der Waals surface area contributed by atoms with Crippen molar-refractivity contribution in [1.82, 2.24) is 15.8 Å². The molecule has 2 rings (SSSR count). The van der Waals surface area contributed by atoms with Gasteiger partial charge in [-0.15, -0.1) is 0 Å². The van der Waals surface area contributed by atoms with Crippen molar-refractivity contribution >= 4 is 0 Å². The van der Waals surface area contributed by atoms with Crippen LogP contribution in [0.2, 0.25) is 0 Å². The lowest BCUT2D eigenvalue weighted by Gasteiger charge is -2.33. The molecule has 0 aromatic heterocycles. The zero-order chi connectivity index (χ0) is 8.93. The lowest BCUT2D eigenvalue weighted by Crippen LogP contribution is -2.54. The summed E-state index contributed by atoms with van der Waals surface area (Å²) in [6.45, 7) is 6.08. The Labute approximate surface area is 79.6 Å². The van der Waals surface area contributed by atoms with E-state index in [1.165, 1.54) is 19.4 Å². The minimum atomic E-state index is 0.631. The predicted octanol–water partition coefficient (Wildman–Crippen LogP) is -0.425. The number of morpholine rings is 1. The minimum Gasteiger partial charge on any atom is -0.379 e. The molecule has 4 nitrogen and oxygen atoms in total. The second kappa shape index (κ2) is 4.91. The average molecular weight is 185 g/mol. The van der Waals surface area contributed by atoms with Crippen molar-refractivity contribution in [2.45, 2.75) is 18.9 Å². The van der Waals surface area contributed by atoms with Crippen LogP contribution in [-0.2, 0) is 4.74 Å². The Morgan fingerprint density at radius 1 is 1.31 bits per heavy atom. The van der Waals surface area contributed by atoms with Crippen molar-refractivity contribution < 1.29 is 4.74 Å². The maximum Gasteiger partial charge on any atom is 0.0608 e. The average Bonchev–Trinajstić information content (AvgIpc) is 2.21. The molecule has 2 fully saturated rings. The number of nitrogens with zero attached hydrogens (tertiary/aromatic N) is 1. The van der Waals surface area contributed by atoms with E-state index in [0.717, 1.165) is 32.8 Å². The zero-order valence-corrected chi connectivity index (χ0v) is 8.09. The maximum absolute atomic E-state index is 5.29. The molecule has 1 atom stereocenters. The van der Waals surface area contributed by atoms with Crippen LogP contribution in [0.25, 0.3) is 0 Å². The van der Waals surface area contributed by atoms with Gasteiger partial charge in [0.15, 0.2) is 0 Å². The molecule has 0 spiro atoms. The van der Waals surface area contributed by atoms with E-state index in [1.807, 2.05) is 0 Å². The predicted molar refractivity (Wildman–Crippen MR) is 51.4 cm³/mol. The summed E-state index contributed by atoms with van der Waals surface area (Å²) in [7, 11) is 0. The van der Waals surface area contributed by atoms with Crippen LogP contribution in [0.4, 0.5) is 0 Å². The highest BCUT2D eigenvalue weighted by Gasteiger charge is 2.17. The van der Waals surface area contributed by atoms with Gasteiger partial charge in [0.2, 0.25) is 0 Å². The summed E-state index contributed by atoms with van der Waals surface area (Å²) in [6, 6.07) is 0.631. The molecule has 2 heterocycles. The van der Waals surface area contributed by atoms with Crippen LogP contribution >= 0.6 is 0 Å². The highest BCUT2D eigenvalue weighted by Crippen LogP contribution is 2.03. The van der Waals surface area contributed by atoms with Crippen LogP contribution in [0, 0.1) is 0 Å². The van der Waals surface area contributed by atoms with Gasteiger partial charge in [0, 0.05) is 25.7 Å². The number of hydrogen-bond donors (Lipinski definition) is 2. The van der Waals surface area contributed by atoms with E-state index >= 15 is 0 Å². The highest BCUT2D eigenvalue weighted by molar-refractivity contribution is 4.74. The fraction of sp³-hybridized carbons (Fsp3) is 1.00. The largest absolute Gasteiger partial charge is 0.379 e. The molecule has 76 valence electrons. The Balaban J connectivity index is 1.69. The summed E-state index contributed by atoms with van der Waals surface area (Å²) in [6.07, 6.45) is 2.59. The summed E-state index contributed by atoms with van der Waals surface area (Å²) >= 11 is 0. The minimum absolute atomic E-state index is 0.631. The van der Waals surface area contributed by atoms with Gasteiger partial charge >= 0.3 is 0 Å². The first-order valence-corrected chi connectivity index (χ1v) is 5.25. The fourth-order valence-electron chi connectivity index (χ4n) is 1.91. The van der Waals surface area contributed by atoms with Gasteiger partial charge in [0.25, 0.3) is 0 Å². The molecule has 2 aliphatic rings. The molecule has 2 aliphatic heterocycles. The number of piperidine rings is 1. The van der Waals surface area contributed by atoms with Gasteiger partial charge in [-0.25, -0.2) is 5.01 Å². The lowest BCUT2D eigenvalue weighted by atomic mass is 10.1. The first-order chi connectivity index (χ1) is 6.45. The molecule has 0 saturated carbocycles. The van der Waals surface area contributed by atoms with Gasteiger partial charge in [-0.2, -0.15) is 0 Å². The smallest absolute Gasteiger partial charge is 0.0608 e. The normalized spacial score (nSPS) is 31.8. The lowest BCUT2D eigenvalue weighted by molar-refractivity contribution is 0.00163. The molecule has 0 bridgehead atoms. The third-order valence-corrected chi connectivity index (χ3v) is 2.67. The zero-order valence-electron chi connectivity index (χ0n) is 8.09. The van der Waals surface area contributed by atoms with Crippen molar-refractivity contribution in [2.24, 2.45) is 0 Å². The second-order valence-electron chi connectivity index (χ2n) is 3.77. The fourth-order valence-corrected chi connectivity index (χ4v) is 1.91. The Kier molecular flexibility index (Phi) is 3.55. The van der Waals surface area contributed by atoms with E-state index in [-0.39, 0.29) is 0 Å². The van der Waals surface area contributed by atoms with Crippen LogP contribution < -0.4 is 10.7 Å². The molecular formula is C9H19N3O. The van der Waals surface area contributed by atoms with Crippen LogP contribution in [0.15, 0.2) is 0 Å². The summed E-state index contributed by atoms with van der Waals surface area (Å²) in [5.41, 5.74) is 3.55. The monoisotopic (exact) mass is 185 g/mol. The van der Waals surface area contributed by atoms with Crippen molar-refractivity contribution in [2.75, 3.05) is 39.4 Å².